The molecule has 1 aromatic carbocycles. The minimum atomic E-state index is -0.419. The predicted molar refractivity (Wildman–Crippen MR) is 61.0 cm³/mol. The van der Waals surface area contributed by atoms with Gasteiger partial charge in [0.05, 0.1) is 21.0 Å². The second-order valence-corrected chi connectivity index (χ2v) is 4.12. The zero-order chi connectivity index (χ0) is 10.8. The fraction of sp³-hybridized carbons (Fsp3) is 0. The van der Waals surface area contributed by atoms with Gasteiger partial charge >= 0.3 is 0 Å². The monoisotopic (exact) mass is 313 g/mol. The molecule has 15 heavy (non-hydrogen) atoms. The molecule has 0 bridgehead atoms. The van der Waals surface area contributed by atoms with E-state index in [1.54, 1.807) is 17.1 Å². The van der Waals surface area contributed by atoms with Crippen LogP contribution in [0.3, 0.4) is 0 Å². The number of aromatic nitrogens is 2. The summed E-state index contributed by atoms with van der Waals surface area (Å²) in [6.07, 6.45) is 3.44. The van der Waals surface area contributed by atoms with Gasteiger partial charge in [0.1, 0.15) is 11.9 Å². The van der Waals surface area contributed by atoms with Gasteiger partial charge in [-0.2, -0.15) is 10.4 Å². The van der Waals surface area contributed by atoms with Crippen molar-refractivity contribution in [2.24, 2.45) is 0 Å². The maximum atomic E-state index is 12.9. The second kappa shape index (κ2) is 3.98. The molecule has 0 amide bonds. The van der Waals surface area contributed by atoms with Crippen LogP contribution in [0.2, 0.25) is 0 Å². The molecule has 2 rings (SSSR count). The van der Waals surface area contributed by atoms with Crippen LogP contribution in [0.15, 0.2) is 30.6 Å². The molecular formula is C10H5FIN3. The van der Waals surface area contributed by atoms with Gasteiger partial charge in [-0.05, 0) is 40.8 Å². The average Bonchev–Trinajstić information content (AvgIpc) is 2.64. The first-order valence-electron chi connectivity index (χ1n) is 4.11. The van der Waals surface area contributed by atoms with E-state index in [9.17, 15) is 4.39 Å². The number of hydrogen-bond acceptors (Lipinski definition) is 2. The van der Waals surface area contributed by atoms with E-state index in [2.05, 4.69) is 27.7 Å². The number of nitrogens with zero attached hydrogens (tertiary/aromatic N) is 3. The lowest BCUT2D eigenvalue weighted by molar-refractivity contribution is 0.626. The van der Waals surface area contributed by atoms with Crippen molar-refractivity contribution in [3.8, 4) is 11.8 Å². The predicted octanol–water partition coefficient (Wildman–Crippen LogP) is 2.49. The largest absolute Gasteiger partial charge is 0.239 e. The first-order chi connectivity index (χ1) is 7.20. The van der Waals surface area contributed by atoms with Crippen molar-refractivity contribution in [1.29, 1.82) is 5.26 Å². The molecule has 0 N–H and O–H groups in total. The molecule has 0 saturated carbocycles. The highest BCUT2D eigenvalue weighted by atomic mass is 127. The van der Waals surface area contributed by atoms with Crippen LogP contribution in [0.4, 0.5) is 4.39 Å². The highest BCUT2D eigenvalue weighted by molar-refractivity contribution is 14.1. The van der Waals surface area contributed by atoms with Gasteiger partial charge in [0, 0.05) is 6.20 Å². The fourth-order valence-corrected chi connectivity index (χ4v) is 1.62. The Morgan fingerprint density at radius 3 is 2.87 bits per heavy atom. The van der Waals surface area contributed by atoms with Gasteiger partial charge in [0.15, 0.2) is 0 Å². The van der Waals surface area contributed by atoms with E-state index in [1.165, 1.54) is 18.2 Å². The Morgan fingerprint density at radius 2 is 2.27 bits per heavy atom. The molecular weight excluding hydrogens is 308 g/mol. The lowest BCUT2D eigenvalue weighted by Gasteiger charge is -2.02. The van der Waals surface area contributed by atoms with Crippen molar-refractivity contribution in [3.63, 3.8) is 0 Å². The van der Waals surface area contributed by atoms with Gasteiger partial charge < -0.3 is 0 Å². The molecule has 0 radical (unpaired) electrons. The van der Waals surface area contributed by atoms with E-state index in [0.29, 0.717) is 5.69 Å². The van der Waals surface area contributed by atoms with E-state index in [1.807, 2.05) is 6.07 Å². The Hall–Kier alpha value is -1.42. The third-order valence-corrected chi connectivity index (χ3v) is 2.43. The first-order valence-corrected chi connectivity index (χ1v) is 5.19. The average molecular weight is 313 g/mol. The van der Waals surface area contributed by atoms with E-state index in [4.69, 9.17) is 5.26 Å². The van der Waals surface area contributed by atoms with Crippen LogP contribution < -0.4 is 0 Å². The van der Waals surface area contributed by atoms with Gasteiger partial charge in [-0.15, -0.1) is 0 Å². The minimum absolute atomic E-state index is 0.273. The van der Waals surface area contributed by atoms with Crippen LogP contribution in [-0.4, -0.2) is 9.78 Å². The van der Waals surface area contributed by atoms with E-state index < -0.39 is 5.82 Å². The third kappa shape index (κ3) is 1.99. The molecule has 1 aromatic heterocycles. The summed E-state index contributed by atoms with van der Waals surface area (Å²) < 4.78 is 15.4. The number of rotatable bonds is 1. The number of benzene rings is 1. The molecule has 0 spiro atoms. The van der Waals surface area contributed by atoms with Gasteiger partial charge in [-0.1, -0.05) is 0 Å². The first kappa shape index (κ1) is 10.1. The third-order valence-electron chi connectivity index (χ3n) is 1.88. The molecule has 2 aromatic rings. The van der Waals surface area contributed by atoms with Crippen molar-refractivity contribution in [2.45, 2.75) is 0 Å². The Balaban J connectivity index is 2.58. The summed E-state index contributed by atoms with van der Waals surface area (Å²) in [5, 5.41) is 12.9. The number of halogens is 2. The van der Waals surface area contributed by atoms with Gasteiger partial charge in [-0.25, -0.2) is 9.07 Å². The summed E-state index contributed by atoms with van der Waals surface area (Å²) in [5.74, 6) is -0.419. The van der Waals surface area contributed by atoms with Crippen LogP contribution in [0.1, 0.15) is 5.56 Å². The van der Waals surface area contributed by atoms with Crippen LogP contribution in [0.5, 0.6) is 0 Å². The zero-order valence-corrected chi connectivity index (χ0v) is 9.64. The van der Waals surface area contributed by atoms with E-state index in [-0.39, 0.29) is 5.56 Å². The lowest BCUT2D eigenvalue weighted by atomic mass is 10.2. The summed E-state index contributed by atoms with van der Waals surface area (Å²) >= 11 is 2.12. The molecule has 3 nitrogen and oxygen atoms in total. The fourth-order valence-electron chi connectivity index (χ4n) is 1.23. The van der Waals surface area contributed by atoms with Crippen molar-refractivity contribution in [3.05, 3.63) is 45.5 Å². The van der Waals surface area contributed by atoms with Gasteiger partial charge in [-0.3, -0.25) is 0 Å². The quantitative estimate of drug-likeness (QED) is 0.759. The Morgan fingerprint density at radius 1 is 1.47 bits per heavy atom. The normalized spacial score (nSPS) is 9.93. The number of hydrogen-bond donors (Lipinski definition) is 0. The van der Waals surface area contributed by atoms with Crippen molar-refractivity contribution >= 4 is 22.6 Å². The summed E-state index contributed by atoms with van der Waals surface area (Å²) in [4.78, 5) is 0. The van der Waals surface area contributed by atoms with Crippen molar-refractivity contribution < 1.29 is 4.39 Å². The smallest absolute Gasteiger partial charge is 0.124 e. The van der Waals surface area contributed by atoms with Crippen LogP contribution in [-0.2, 0) is 0 Å². The van der Waals surface area contributed by atoms with Gasteiger partial charge in [0.2, 0.25) is 0 Å². The van der Waals surface area contributed by atoms with Crippen LogP contribution in [0, 0.1) is 20.7 Å². The molecule has 0 aliphatic heterocycles. The molecule has 5 heteroatoms. The maximum Gasteiger partial charge on any atom is 0.124 e. The summed E-state index contributed by atoms with van der Waals surface area (Å²) in [6.45, 7) is 0. The SMILES string of the molecule is N#Cc1cc(F)ccc1-n1cc(I)cn1. The second-order valence-electron chi connectivity index (χ2n) is 2.88. The molecule has 0 aliphatic rings. The zero-order valence-electron chi connectivity index (χ0n) is 7.48. The summed E-state index contributed by atoms with van der Waals surface area (Å²) in [6, 6.07) is 5.99. The van der Waals surface area contributed by atoms with Gasteiger partial charge in [0.25, 0.3) is 0 Å². The molecule has 0 aliphatic carbocycles. The molecule has 0 saturated heterocycles. The van der Waals surface area contributed by atoms with E-state index >= 15 is 0 Å². The maximum absolute atomic E-state index is 12.9. The lowest BCUT2D eigenvalue weighted by Crippen LogP contribution is -1.98. The standard InChI is InChI=1S/C10H5FIN3/c11-8-1-2-10(7(3-8)4-13)15-6-9(12)5-14-15/h1-3,5-6H. The molecule has 0 atom stereocenters. The molecule has 0 unspecified atom stereocenters. The minimum Gasteiger partial charge on any atom is -0.239 e. The summed E-state index contributed by atoms with van der Waals surface area (Å²) in [5.41, 5.74) is 0.858. The topological polar surface area (TPSA) is 41.6 Å². The Kier molecular flexibility index (Phi) is 2.68. The molecule has 74 valence electrons. The van der Waals surface area contributed by atoms with E-state index in [0.717, 1.165) is 3.57 Å². The summed E-state index contributed by atoms with van der Waals surface area (Å²) in [7, 11) is 0. The Labute approximate surface area is 99.3 Å². The number of nitriles is 1. The van der Waals surface area contributed by atoms with Crippen molar-refractivity contribution in [1.82, 2.24) is 9.78 Å². The Bertz CT molecular complexity index is 542. The van der Waals surface area contributed by atoms with Crippen LogP contribution >= 0.6 is 22.6 Å². The molecule has 0 fully saturated rings. The van der Waals surface area contributed by atoms with Crippen molar-refractivity contribution in [2.75, 3.05) is 0 Å². The highest BCUT2D eigenvalue weighted by Crippen LogP contribution is 2.15. The molecule has 1 heterocycles. The highest BCUT2D eigenvalue weighted by Gasteiger charge is 2.06. The van der Waals surface area contributed by atoms with Crippen LogP contribution in [0.25, 0.3) is 5.69 Å².